The zero-order valence-corrected chi connectivity index (χ0v) is 11.9. The second kappa shape index (κ2) is 5.59. The predicted molar refractivity (Wildman–Crippen MR) is 75.6 cm³/mol. The highest BCUT2D eigenvalue weighted by atomic mass is 19.1. The summed E-state index contributed by atoms with van der Waals surface area (Å²) < 4.78 is 19.2. The number of halogens is 1. The highest BCUT2D eigenvalue weighted by Crippen LogP contribution is 2.42. The summed E-state index contributed by atoms with van der Waals surface area (Å²) in [5.41, 5.74) is 6.87. The van der Waals surface area contributed by atoms with Gasteiger partial charge in [0, 0.05) is 5.41 Å². The Kier molecular flexibility index (Phi) is 4.26. The van der Waals surface area contributed by atoms with E-state index in [-0.39, 0.29) is 16.8 Å². The topological polar surface area (TPSA) is 35.2 Å². The Morgan fingerprint density at radius 2 is 1.95 bits per heavy atom. The number of hydrogen-bond donors (Lipinski definition) is 1. The molecule has 1 aromatic carbocycles. The number of rotatable bonds is 4. The second-order valence-corrected chi connectivity index (χ2v) is 5.92. The molecular formula is C16H24FNO. The summed E-state index contributed by atoms with van der Waals surface area (Å²) in [5.74, 6) is -0.193. The predicted octanol–water partition coefficient (Wildman–Crippen LogP) is 3.39. The van der Waals surface area contributed by atoms with Crippen LogP contribution in [-0.4, -0.2) is 18.8 Å². The minimum atomic E-state index is -0.193. The summed E-state index contributed by atoms with van der Waals surface area (Å²) in [6, 6.07) is 6.81. The molecule has 1 aromatic rings. The third-order valence-electron chi connectivity index (χ3n) is 4.66. The van der Waals surface area contributed by atoms with Crippen LogP contribution in [0.2, 0.25) is 0 Å². The van der Waals surface area contributed by atoms with Gasteiger partial charge in [-0.3, -0.25) is 0 Å². The molecule has 0 amide bonds. The zero-order chi connectivity index (χ0) is 13.9. The summed E-state index contributed by atoms with van der Waals surface area (Å²) in [6.45, 7) is 5.64. The van der Waals surface area contributed by atoms with Crippen LogP contribution in [-0.2, 0) is 10.2 Å². The molecule has 0 bridgehead atoms. The van der Waals surface area contributed by atoms with E-state index >= 15 is 0 Å². The molecule has 2 rings (SSSR count). The lowest BCUT2D eigenvalue weighted by Gasteiger charge is -2.45. The first kappa shape index (κ1) is 14.5. The summed E-state index contributed by atoms with van der Waals surface area (Å²) in [4.78, 5) is 0. The SMILES string of the molecule is CC[C@@]1(C)CC[C@@](CCN)(c2ccc(F)cc2)CO1. The van der Waals surface area contributed by atoms with Crippen molar-refractivity contribution >= 4 is 0 Å². The van der Waals surface area contributed by atoms with Crippen LogP contribution in [0.5, 0.6) is 0 Å². The Labute approximate surface area is 115 Å². The zero-order valence-electron chi connectivity index (χ0n) is 11.9. The van der Waals surface area contributed by atoms with E-state index in [1.165, 1.54) is 12.1 Å². The van der Waals surface area contributed by atoms with Crippen molar-refractivity contribution in [1.29, 1.82) is 0 Å². The molecule has 19 heavy (non-hydrogen) atoms. The van der Waals surface area contributed by atoms with Crippen LogP contribution in [0.3, 0.4) is 0 Å². The van der Waals surface area contributed by atoms with Gasteiger partial charge in [-0.1, -0.05) is 19.1 Å². The maximum absolute atomic E-state index is 13.1. The molecular weight excluding hydrogens is 241 g/mol. The maximum Gasteiger partial charge on any atom is 0.123 e. The van der Waals surface area contributed by atoms with Crippen molar-refractivity contribution in [2.45, 2.75) is 50.5 Å². The first-order valence-corrected chi connectivity index (χ1v) is 7.14. The van der Waals surface area contributed by atoms with Gasteiger partial charge < -0.3 is 10.5 Å². The fourth-order valence-corrected chi connectivity index (χ4v) is 2.89. The van der Waals surface area contributed by atoms with Crippen LogP contribution in [0.25, 0.3) is 0 Å². The van der Waals surface area contributed by atoms with Crippen molar-refractivity contribution in [2.75, 3.05) is 13.2 Å². The van der Waals surface area contributed by atoms with Crippen molar-refractivity contribution in [3.63, 3.8) is 0 Å². The summed E-state index contributed by atoms with van der Waals surface area (Å²) in [6.07, 6.45) is 3.99. The van der Waals surface area contributed by atoms with Crippen molar-refractivity contribution in [1.82, 2.24) is 0 Å². The highest BCUT2D eigenvalue weighted by Gasteiger charge is 2.41. The maximum atomic E-state index is 13.1. The molecule has 0 spiro atoms. The number of ether oxygens (including phenoxy) is 1. The molecule has 0 saturated carbocycles. The van der Waals surface area contributed by atoms with Crippen LogP contribution >= 0.6 is 0 Å². The summed E-state index contributed by atoms with van der Waals surface area (Å²) in [7, 11) is 0. The van der Waals surface area contributed by atoms with E-state index in [1.54, 1.807) is 0 Å². The van der Waals surface area contributed by atoms with E-state index in [0.717, 1.165) is 31.2 Å². The normalized spacial score (nSPS) is 31.4. The van der Waals surface area contributed by atoms with Gasteiger partial charge in [-0.2, -0.15) is 0 Å². The lowest BCUT2D eigenvalue weighted by Crippen LogP contribution is -2.46. The van der Waals surface area contributed by atoms with Gasteiger partial charge in [-0.15, -0.1) is 0 Å². The number of benzene rings is 1. The van der Waals surface area contributed by atoms with Crippen LogP contribution in [0.15, 0.2) is 24.3 Å². The van der Waals surface area contributed by atoms with Gasteiger partial charge in [0.15, 0.2) is 0 Å². The Bertz CT molecular complexity index is 407. The van der Waals surface area contributed by atoms with Crippen LogP contribution in [0, 0.1) is 5.82 Å². The van der Waals surface area contributed by atoms with Crippen molar-refractivity contribution < 1.29 is 9.13 Å². The fourth-order valence-electron chi connectivity index (χ4n) is 2.89. The molecule has 2 N–H and O–H groups in total. The largest absolute Gasteiger partial charge is 0.374 e. The quantitative estimate of drug-likeness (QED) is 0.905. The molecule has 0 aromatic heterocycles. The molecule has 3 heteroatoms. The average Bonchev–Trinajstić information content (AvgIpc) is 2.43. The van der Waals surface area contributed by atoms with Gasteiger partial charge in [-0.25, -0.2) is 4.39 Å². The van der Waals surface area contributed by atoms with E-state index in [1.807, 2.05) is 12.1 Å². The molecule has 1 fully saturated rings. The van der Waals surface area contributed by atoms with Gasteiger partial charge >= 0.3 is 0 Å². The lowest BCUT2D eigenvalue weighted by molar-refractivity contribution is -0.103. The van der Waals surface area contributed by atoms with Crippen molar-refractivity contribution in [3.8, 4) is 0 Å². The van der Waals surface area contributed by atoms with Gasteiger partial charge in [0.1, 0.15) is 5.82 Å². The molecule has 1 saturated heterocycles. The minimum Gasteiger partial charge on any atom is -0.374 e. The molecule has 2 nitrogen and oxygen atoms in total. The minimum absolute atomic E-state index is 0.0157. The Morgan fingerprint density at radius 3 is 2.42 bits per heavy atom. The first-order chi connectivity index (χ1) is 9.03. The standard InChI is InChI=1S/C16H24FNO/c1-3-15(2)8-9-16(10-11-18,12-19-15)13-4-6-14(17)7-5-13/h4-7H,3,8-12,18H2,1-2H3/t15-,16-/m0/s1. The van der Waals surface area contributed by atoms with Crippen LogP contribution < -0.4 is 5.73 Å². The van der Waals surface area contributed by atoms with Gasteiger partial charge in [-0.05, 0) is 56.8 Å². The Balaban J connectivity index is 2.23. The highest BCUT2D eigenvalue weighted by molar-refractivity contribution is 5.27. The Morgan fingerprint density at radius 1 is 1.26 bits per heavy atom. The van der Waals surface area contributed by atoms with E-state index in [4.69, 9.17) is 10.5 Å². The average molecular weight is 265 g/mol. The molecule has 2 atom stereocenters. The van der Waals surface area contributed by atoms with Crippen LogP contribution in [0.4, 0.5) is 4.39 Å². The van der Waals surface area contributed by atoms with E-state index in [0.29, 0.717) is 13.2 Å². The number of hydrogen-bond acceptors (Lipinski definition) is 2. The molecule has 1 aliphatic heterocycles. The molecule has 106 valence electrons. The smallest absolute Gasteiger partial charge is 0.123 e. The monoisotopic (exact) mass is 265 g/mol. The molecule has 1 heterocycles. The van der Waals surface area contributed by atoms with E-state index in [2.05, 4.69) is 13.8 Å². The molecule has 0 unspecified atom stereocenters. The first-order valence-electron chi connectivity index (χ1n) is 7.14. The van der Waals surface area contributed by atoms with Gasteiger partial charge in [0.2, 0.25) is 0 Å². The van der Waals surface area contributed by atoms with Gasteiger partial charge in [0.25, 0.3) is 0 Å². The lowest BCUT2D eigenvalue weighted by atomic mass is 9.70. The van der Waals surface area contributed by atoms with Crippen molar-refractivity contribution in [3.05, 3.63) is 35.6 Å². The third kappa shape index (κ3) is 2.98. The van der Waals surface area contributed by atoms with Gasteiger partial charge in [0.05, 0.1) is 12.2 Å². The summed E-state index contributed by atoms with van der Waals surface area (Å²) in [5, 5.41) is 0. The Hall–Kier alpha value is -0.930. The fraction of sp³-hybridized carbons (Fsp3) is 0.625. The van der Waals surface area contributed by atoms with Crippen molar-refractivity contribution in [2.24, 2.45) is 5.73 Å². The molecule has 0 aliphatic carbocycles. The van der Waals surface area contributed by atoms with E-state index < -0.39 is 0 Å². The number of nitrogens with two attached hydrogens (primary N) is 1. The molecule has 0 radical (unpaired) electrons. The third-order valence-corrected chi connectivity index (χ3v) is 4.66. The molecule has 1 aliphatic rings. The van der Waals surface area contributed by atoms with E-state index in [9.17, 15) is 4.39 Å². The summed E-state index contributed by atoms with van der Waals surface area (Å²) >= 11 is 0. The second-order valence-electron chi connectivity index (χ2n) is 5.92. The van der Waals surface area contributed by atoms with Crippen LogP contribution in [0.1, 0.15) is 45.1 Å².